The zero-order valence-corrected chi connectivity index (χ0v) is 12.7. The summed E-state index contributed by atoms with van der Waals surface area (Å²) in [5, 5.41) is 4.15. The molecule has 0 atom stereocenters. The van der Waals surface area contributed by atoms with E-state index in [0.717, 1.165) is 37.0 Å². The minimum absolute atomic E-state index is 0.00337. The van der Waals surface area contributed by atoms with Gasteiger partial charge in [0.05, 0.1) is 6.61 Å². The molecule has 4 fully saturated rings. The van der Waals surface area contributed by atoms with E-state index in [4.69, 9.17) is 4.74 Å². The normalized spacial score (nSPS) is 38.3. The van der Waals surface area contributed by atoms with E-state index >= 15 is 0 Å². The number of carbonyl (C=O) groups excluding carboxylic acids is 1. The number of ketones is 1. The number of carbonyl (C=O) groups is 1. The van der Waals surface area contributed by atoms with Crippen LogP contribution in [0, 0.1) is 23.2 Å². The predicted molar refractivity (Wildman–Crippen MR) is 79.6 cm³/mol. The number of hydrogen-bond donors (Lipinski definition) is 0. The number of rotatable bonds is 5. The van der Waals surface area contributed by atoms with Gasteiger partial charge in [0.2, 0.25) is 0 Å². The van der Waals surface area contributed by atoms with Crippen LogP contribution in [0.25, 0.3) is 0 Å². The monoisotopic (exact) mass is 290 g/mol. The highest BCUT2D eigenvalue weighted by Gasteiger charge is 2.54. The molecule has 0 unspecified atom stereocenters. The second kappa shape index (κ2) is 4.96. The predicted octanol–water partition coefficient (Wildman–Crippen LogP) is 4.05. The van der Waals surface area contributed by atoms with Gasteiger partial charge in [0.15, 0.2) is 5.78 Å². The lowest BCUT2D eigenvalue weighted by Crippen LogP contribution is -2.51. The molecule has 4 aliphatic rings. The van der Waals surface area contributed by atoms with Crippen molar-refractivity contribution in [3.8, 4) is 0 Å². The lowest BCUT2D eigenvalue weighted by molar-refractivity contribution is -0.149. The van der Waals surface area contributed by atoms with Crippen LogP contribution in [-0.4, -0.2) is 12.4 Å². The molecule has 2 nitrogen and oxygen atoms in total. The zero-order chi connectivity index (χ0) is 13.6. The fourth-order valence-corrected chi connectivity index (χ4v) is 5.89. The molecule has 1 aromatic rings. The molecule has 4 saturated carbocycles. The van der Waals surface area contributed by atoms with E-state index in [9.17, 15) is 4.79 Å². The first-order valence-corrected chi connectivity index (χ1v) is 8.80. The Morgan fingerprint density at radius 3 is 2.40 bits per heavy atom. The van der Waals surface area contributed by atoms with Crippen LogP contribution in [0.3, 0.4) is 0 Å². The van der Waals surface area contributed by atoms with Gasteiger partial charge < -0.3 is 4.74 Å². The molecular weight excluding hydrogens is 268 g/mol. The molecule has 0 aliphatic heterocycles. The fraction of sp³-hybridized carbons (Fsp3) is 0.706. The van der Waals surface area contributed by atoms with Gasteiger partial charge >= 0.3 is 0 Å². The Kier molecular flexibility index (Phi) is 3.23. The van der Waals surface area contributed by atoms with Gasteiger partial charge in [0, 0.05) is 5.41 Å². The molecule has 0 aromatic carbocycles. The van der Waals surface area contributed by atoms with Gasteiger partial charge in [0.25, 0.3) is 0 Å². The van der Waals surface area contributed by atoms with Crippen LogP contribution in [0.5, 0.6) is 0 Å². The van der Waals surface area contributed by atoms with Crippen molar-refractivity contribution in [2.24, 2.45) is 23.2 Å². The van der Waals surface area contributed by atoms with E-state index in [-0.39, 0.29) is 5.41 Å². The van der Waals surface area contributed by atoms with Crippen LogP contribution in [0.1, 0.15) is 44.1 Å². The van der Waals surface area contributed by atoms with Crippen LogP contribution in [-0.2, 0) is 16.1 Å². The van der Waals surface area contributed by atoms with E-state index in [1.54, 1.807) is 11.3 Å². The summed E-state index contributed by atoms with van der Waals surface area (Å²) in [5.74, 6) is 2.90. The summed E-state index contributed by atoms with van der Waals surface area (Å²) in [6.45, 7) is 0.906. The fourth-order valence-electron chi connectivity index (χ4n) is 5.24. The average Bonchev–Trinajstić information content (AvgIpc) is 2.90. The van der Waals surface area contributed by atoms with Crippen LogP contribution in [0.4, 0.5) is 0 Å². The Hall–Kier alpha value is -0.670. The second-order valence-corrected chi connectivity index (χ2v) is 8.03. The summed E-state index contributed by atoms with van der Waals surface area (Å²) < 4.78 is 5.69. The van der Waals surface area contributed by atoms with Crippen molar-refractivity contribution in [1.82, 2.24) is 0 Å². The summed E-state index contributed by atoms with van der Waals surface area (Å²) in [7, 11) is 0. The van der Waals surface area contributed by atoms with Gasteiger partial charge in [-0.1, -0.05) is 0 Å². The van der Waals surface area contributed by atoms with E-state index < -0.39 is 0 Å². The first kappa shape index (κ1) is 13.0. The van der Waals surface area contributed by atoms with Crippen molar-refractivity contribution in [3.05, 3.63) is 22.4 Å². The van der Waals surface area contributed by atoms with Gasteiger partial charge in [-0.3, -0.25) is 4.79 Å². The van der Waals surface area contributed by atoms with Crippen molar-refractivity contribution in [3.63, 3.8) is 0 Å². The standard InChI is InChI=1S/C17H22O2S/c18-16(10-19-9-12-1-2-20-11-12)17-6-13-3-14(7-17)5-15(4-13)8-17/h1-2,11,13-15H,3-10H2. The maximum atomic E-state index is 12.7. The van der Waals surface area contributed by atoms with Crippen molar-refractivity contribution >= 4 is 17.1 Å². The zero-order valence-electron chi connectivity index (χ0n) is 11.8. The summed E-state index contributed by atoms with van der Waals surface area (Å²) in [5.41, 5.74) is 1.19. The topological polar surface area (TPSA) is 26.3 Å². The molecule has 5 rings (SSSR count). The molecule has 0 spiro atoms. The molecule has 3 heteroatoms. The smallest absolute Gasteiger partial charge is 0.164 e. The molecule has 0 saturated heterocycles. The largest absolute Gasteiger partial charge is 0.369 e. The van der Waals surface area contributed by atoms with E-state index in [0.29, 0.717) is 19.0 Å². The van der Waals surface area contributed by atoms with Crippen LogP contribution >= 0.6 is 11.3 Å². The Morgan fingerprint density at radius 1 is 1.20 bits per heavy atom. The highest BCUT2D eigenvalue weighted by Crippen LogP contribution is 2.60. The van der Waals surface area contributed by atoms with E-state index in [1.165, 1.54) is 24.8 Å². The number of ether oxygens (including phenoxy) is 1. The van der Waals surface area contributed by atoms with Crippen LogP contribution < -0.4 is 0 Å². The van der Waals surface area contributed by atoms with Gasteiger partial charge in [-0.25, -0.2) is 0 Å². The molecule has 1 heterocycles. The minimum Gasteiger partial charge on any atom is -0.369 e. The SMILES string of the molecule is O=C(COCc1ccsc1)C12CC3CC(CC(C3)C1)C2. The average molecular weight is 290 g/mol. The summed E-state index contributed by atoms with van der Waals surface area (Å²) in [6.07, 6.45) is 7.63. The molecule has 0 amide bonds. The number of hydrogen-bond acceptors (Lipinski definition) is 3. The maximum Gasteiger partial charge on any atom is 0.164 e. The maximum absolute atomic E-state index is 12.7. The summed E-state index contributed by atoms with van der Waals surface area (Å²) in [6, 6.07) is 2.07. The molecule has 20 heavy (non-hydrogen) atoms. The first-order valence-electron chi connectivity index (χ1n) is 7.86. The van der Waals surface area contributed by atoms with Crippen molar-refractivity contribution in [2.45, 2.75) is 45.1 Å². The third kappa shape index (κ3) is 2.25. The van der Waals surface area contributed by atoms with Gasteiger partial charge in [-0.2, -0.15) is 11.3 Å². The summed E-state index contributed by atoms with van der Waals surface area (Å²) in [4.78, 5) is 12.7. The molecule has 0 N–H and O–H groups in total. The molecule has 4 bridgehead atoms. The molecule has 1 aromatic heterocycles. The van der Waals surface area contributed by atoms with Gasteiger partial charge in [-0.05, 0) is 78.7 Å². The van der Waals surface area contributed by atoms with Crippen LogP contribution in [0.2, 0.25) is 0 Å². The number of thiophene rings is 1. The molecule has 0 radical (unpaired) electrons. The third-order valence-electron chi connectivity index (χ3n) is 5.71. The first-order chi connectivity index (χ1) is 9.73. The molecular formula is C17H22O2S. The van der Waals surface area contributed by atoms with Crippen LogP contribution in [0.15, 0.2) is 16.8 Å². The van der Waals surface area contributed by atoms with Crippen molar-refractivity contribution in [2.75, 3.05) is 6.61 Å². The lowest BCUT2D eigenvalue weighted by Gasteiger charge is -2.55. The van der Waals surface area contributed by atoms with Crippen molar-refractivity contribution < 1.29 is 9.53 Å². The van der Waals surface area contributed by atoms with Crippen molar-refractivity contribution in [1.29, 1.82) is 0 Å². The second-order valence-electron chi connectivity index (χ2n) is 7.25. The Labute approximate surface area is 124 Å². The Balaban J connectivity index is 1.38. The Bertz CT molecular complexity index is 456. The highest BCUT2D eigenvalue weighted by atomic mass is 32.1. The number of Topliss-reactive ketones (excluding diaryl/α,β-unsaturated/α-hetero) is 1. The highest BCUT2D eigenvalue weighted by molar-refractivity contribution is 7.07. The molecule has 4 aliphatic carbocycles. The quantitative estimate of drug-likeness (QED) is 0.817. The Morgan fingerprint density at radius 2 is 1.85 bits per heavy atom. The van der Waals surface area contributed by atoms with Gasteiger partial charge in [0.1, 0.15) is 6.61 Å². The minimum atomic E-state index is 0.00337. The lowest BCUT2D eigenvalue weighted by atomic mass is 9.48. The van der Waals surface area contributed by atoms with Gasteiger partial charge in [-0.15, -0.1) is 0 Å². The van der Waals surface area contributed by atoms with E-state index in [2.05, 4.69) is 16.8 Å². The summed E-state index contributed by atoms with van der Waals surface area (Å²) >= 11 is 1.68. The van der Waals surface area contributed by atoms with E-state index in [1.807, 2.05) is 0 Å². The molecule has 108 valence electrons. The third-order valence-corrected chi connectivity index (χ3v) is 6.44.